The lowest BCUT2D eigenvalue weighted by Crippen LogP contribution is -2.13. The van der Waals surface area contributed by atoms with E-state index in [1.807, 2.05) is 25.1 Å². The van der Waals surface area contributed by atoms with Crippen LogP contribution in [-0.2, 0) is 10.0 Å². The molecule has 0 aliphatic carbocycles. The lowest BCUT2D eigenvalue weighted by atomic mass is 10.1. The fraction of sp³-hybridized carbons (Fsp3) is 0.105. The maximum atomic E-state index is 12.6. The molecular formula is C19H17ClN2O3S. The Morgan fingerprint density at radius 3 is 2.38 bits per heavy atom. The lowest BCUT2D eigenvalue weighted by molar-refractivity contribution is 0.413. The first kappa shape index (κ1) is 18.2. The van der Waals surface area contributed by atoms with Crippen LogP contribution in [0.5, 0.6) is 5.75 Å². The number of ether oxygens (including phenoxy) is 1. The third-order valence-corrected chi connectivity index (χ3v) is 5.51. The number of aromatic nitrogens is 1. The summed E-state index contributed by atoms with van der Waals surface area (Å²) in [5, 5.41) is 0.479. The molecule has 1 aromatic heterocycles. The van der Waals surface area contributed by atoms with Crippen molar-refractivity contribution in [3.63, 3.8) is 0 Å². The van der Waals surface area contributed by atoms with E-state index in [4.69, 9.17) is 16.3 Å². The molecule has 0 bridgehead atoms. The van der Waals surface area contributed by atoms with Gasteiger partial charge in [-0.3, -0.25) is 9.71 Å². The molecule has 0 saturated carbocycles. The van der Waals surface area contributed by atoms with E-state index in [1.165, 1.54) is 12.1 Å². The first-order valence-corrected chi connectivity index (χ1v) is 9.64. The highest BCUT2D eigenvalue weighted by Gasteiger charge is 2.16. The van der Waals surface area contributed by atoms with Crippen molar-refractivity contribution >= 4 is 27.3 Å². The number of anilines is 1. The zero-order chi connectivity index (χ0) is 18.7. The van der Waals surface area contributed by atoms with Gasteiger partial charge in [0.1, 0.15) is 5.75 Å². The first-order chi connectivity index (χ1) is 12.4. The smallest absolute Gasteiger partial charge is 0.261 e. The zero-order valence-electron chi connectivity index (χ0n) is 14.2. The third-order valence-electron chi connectivity index (χ3n) is 3.87. The Hall–Kier alpha value is -2.57. The normalized spacial score (nSPS) is 11.2. The summed E-state index contributed by atoms with van der Waals surface area (Å²) in [5.74, 6) is 0.657. The van der Waals surface area contributed by atoms with Crippen molar-refractivity contribution in [2.24, 2.45) is 0 Å². The van der Waals surface area contributed by atoms with Crippen LogP contribution in [0.15, 0.2) is 65.7 Å². The maximum Gasteiger partial charge on any atom is 0.261 e. The molecule has 1 N–H and O–H groups in total. The van der Waals surface area contributed by atoms with Gasteiger partial charge in [0.25, 0.3) is 10.0 Å². The van der Waals surface area contributed by atoms with Crippen LogP contribution >= 0.6 is 11.6 Å². The number of hydrogen-bond donors (Lipinski definition) is 1. The molecule has 0 radical (unpaired) electrons. The molecule has 3 rings (SSSR count). The second kappa shape index (κ2) is 7.35. The number of aryl methyl sites for hydroxylation is 1. The van der Waals surface area contributed by atoms with Gasteiger partial charge in [-0.15, -0.1) is 0 Å². The zero-order valence-corrected chi connectivity index (χ0v) is 15.8. The molecule has 0 amide bonds. The number of rotatable bonds is 5. The molecule has 0 fully saturated rings. The van der Waals surface area contributed by atoms with Crippen LogP contribution in [0.1, 0.15) is 5.56 Å². The highest BCUT2D eigenvalue weighted by Crippen LogP contribution is 2.27. The van der Waals surface area contributed by atoms with Gasteiger partial charge < -0.3 is 4.74 Å². The fourth-order valence-corrected chi connectivity index (χ4v) is 3.63. The van der Waals surface area contributed by atoms with Gasteiger partial charge in [0.15, 0.2) is 0 Å². The second-order valence-electron chi connectivity index (χ2n) is 5.67. The summed E-state index contributed by atoms with van der Waals surface area (Å²) >= 11 is 5.83. The van der Waals surface area contributed by atoms with Crippen molar-refractivity contribution in [2.75, 3.05) is 11.8 Å². The molecular weight excluding hydrogens is 372 g/mol. The summed E-state index contributed by atoms with van der Waals surface area (Å²) in [6, 6.07) is 15.1. The molecule has 0 saturated heterocycles. The van der Waals surface area contributed by atoms with Crippen LogP contribution in [0.4, 0.5) is 5.69 Å². The molecule has 3 aromatic rings. The van der Waals surface area contributed by atoms with E-state index in [2.05, 4.69) is 9.71 Å². The Labute approximate surface area is 157 Å². The van der Waals surface area contributed by atoms with Crippen LogP contribution < -0.4 is 9.46 Å². The standard InChI is InChI=1S/C19H17ClN2O3S/c1-13-3-4-14(18-10-7-16(25-2)12-21-18)11-19(13)22-26(23,24)17-8-5-15(20)6-9-17/h3-12,22H,1-2H3. The van der Waals surface area contributed by atoms with Crippen molar-refractivity contribution in [3.05, 3.63) is 71.4 Å². The van der Waals surface area contributed by atoms with E-state index < -0.39 is 10.0 Å². The Morgan fingerprint density at radius 2 is 1.77 bits per heavy atom. The van der Waals surface area contributed by atoms with Crippen molar-refractivity contribution in [3.8, 4) is 17.0 Å². The number of pyridine rings is 1. The molecule has 0 aliphatic heterocycles. The van der Waals surface area contributed by atoms with Gasteiger partial charge in [-0.1, -0.05) is 23.7 Å². The summed E-state index contributed by atoms with van der Waals surface area (Å²) in [4.78, 5) is 4.49. The van der Waals surface area contributed by atoms with Gasteiger partial charge in [0.2, 0.25) is 0 Å². The predicted octanol–water partition coefficient (Wildman–Crippen LogP) is 4.52. The van der Waals surface area contributed by atoms with E-state index in [1.54, 1.807) is 37.6 Å². The van der Waals surface area contributed by atoms with Crippen LogP contribution in [0.2, 0.25) is 5.02 Å². The van der Waals surface area contributed by atoms with Gasteiger partial charge in [0, 0.05) is 10.6 Å². The van der Waals surface area contributed by atoms with Crippen molar-refractivity contribution in [1.82, 2.24) is 4.98 Å². The highest BCUT2D eigenvalue weighted by atomic mass is 35.5. The molecule has 0 atom stereocenters. The van der Waals surface area contributed by atoms with E-state index in [0.29, 0.717) is 16.5 Å². The molecule has 5 nitrogen and oxygen atoms in total. The molecule has 134 valence electrons. The Kier molecular flexibility index (Phi) is 5.15. The summed E-state index contributed by atoms with van der Waals surface area (Å²) in [7, 11) is -2.14. The van der Waals surface area contributed by atoms with E-state index in [0.717, 1.165) is 16.8 Å². The van der Waals surface area contributed by atoms with Gasteiger partial charge in [-0.25, -0.2) is 8.42 Å². The number of sulfonamides is 1. The van der Waals surface area contributed by atoms with E-state index >= 15 is 0 Å². The van der Waals surface area contributed by atoms with Crippen molar-refractivity contribution in [1.29, 1.82) is 0 Å². The molecule has 0 aliphatic rings. The Balaban J connectivity index is 1.93. The summed E-state index contributed by atoms with van der Waals surface area (Å²) in [6.07, 6.45) is 1.62. The topological polar surface area (TPSA) is 68.3 Å². The third kappa shape index (κ3) is 3.98. The number of benzene rings is 2. The minimum absolute atomic E-state index is 0.147. The van der Waals surface area contributed by atoms with Crippen LogP contribution in [0.3, 0.4) is 0 Å². The van der Waals surface area contributed by atoms with Crippen LogP contribution in [-0.4, -0.2) is 20.5 Å². The highest BCUT2D eigenvalue weighted by molar-refractivity contribution is 7.92. The van der Waals surface area contributed by atoms with Gasteiger partial charge in [0.05, 0.1) is 29.6 Å². The monoisotopic (exact) mass is 388 g/mol. The summed E-state index contributed by atoms with van der Waals surface area (Å²) < 4.78 is 33.0. The largest absolute Gasteiger partial charge is 0.495 e. The minimum Gasteiger partial charge on any atom is -0.495 e. The second-order valence-corrected chi connectivity index (χ2v) is 7.79. The Bertz CT molecular complexity index is 1020. The molecule has 7 heteroatoms. The number of nitrogens with zero attached hydrogens (tertiary/aromatic N) is 1. The number of nitrogens with one attached hydrogen (secondary N) is 1. The predicted molar refractivity (Wildman–Crippen MR) is 103 cm³/mol. The first-order valence-electron chi connectivity index (χ1n) is 7.78. The van der Waals surface area contributed by atoms with Gasteiger partial charge in [-0.2, -0.15) is 0 Å². The van der Waals surface area contributed by atoms with Crippen molar-refractivity contribution < 1.29 is 13.2 Å². The number of methoxy groups -OCH3 is 1. The van der Waals surface area contributed by atoms with E-state index in [9.17, 15) is 8.42 Å². The number of halogens is 1. The average Bonchev–Trinajstić information content (AvgIpc) is 2.64. The van der Waals surface area contributed by atoms with Gasteiger partial charge >= 0.3 is 0 Å². The Morgan fingerprint density at radius 1 is 1.04 bits per heavy atom. The van der Waals surface area contributed by atoms with Crippen LogP contribution in [0, 0.1) is 6.92 Å². The van der Waals surface area contributed by atoms with E-state index in [-0.39, 0.29) is 4.90 Å². The fourth-order valence-electron chi connectivity index (χ4n) is 2.38. The summed E-state index contributed by atoms with van der Waals surface area (Å²) in [6.45, 7) is 1.84. The maximum absolute atomic E-state index is 12.6. The quantitative estimate of drug-likeness (QED) is 0.697. The summed E-state index contributed by atoms with van der Waals surface area (Å²) in [5.41, 5.74) is 2.82. The number of hydrogen-bond acceptors (Lipinski definition) is 4. The molecule has 26 heavy (non-hydrogen) atoms. The minimum atomic E-state index is -3.71. The van der Waals surface area contributed by atoms with Crippen molar-refractivity contribution in [2.45, 2.75) is 11.8 Å². The molecule has 1 heterocycles. The van der Waals surface area contributed by atoms with Crippen LogP contribution in [0.25, 0.3) is 11.3 Å². The molecule has 0 unspecified atom stereocenters. The average molecular weight is 389 g/mol. The molecule has 2 aromatic carbocycles. The van der Waals surface area contributed by atoms with Gasteiger partial charge in [-0.05, 0) is 55.0 Å². The SMILES string of the molecule is COc1ccc(-c2ccc(C)c(NS(=O)(=O)c3ccc(Cl)cc3)c2)nc1. The molecule has 0 spiro atoms. The lowest BCUT2D eigenvalue weighted by Gasteiger charge is -2.12.